The minimum atomic E-state index is -0.532. The average Bonchev–Trinajstić information content (AvgIpc) is 2.73. The lowest BCUT2D eigenvalue weighted by atomic mass is 9.90. The maximum Gasteiger partial charge on any atom is 0.325 e. The first-order valence-electron chi connectivity index (χ1n) is 5.54. The van der Waals surface area contributed by atoms with E-state index < -0.39 is 5.54 Å². The Balaban J connectivity index is 2.12. The van der Waals surface area contributed by atoms with Crippen LogP contribution in [0.4, 0.5) is 0 Å². The first-order chi connectivity index (χ1) is 7.65. The van der Waals surface area contributed by atoms with Gasteiger partial charge in [-0.25, -0.2) is 0 Å². The Hall–Kier alpha value is -1.35. The second kappa shape index (κ2) is 4.26. The van der Waals surface area contributed by atoms with E-state index in [9.17, 15) is 4.79 Å². The second-order valence-electron chi connectivity index (χ2n) is 4.52. The Morgan fingerprint density at radius 1 is 1.44 bits per heavy atom. The molecule has 3 nitrogen and oxygen atoms in total. The van der Waals surface area contributed by atoms with Crippen molar-refractivity contribution in [1.29, 1.82) is 0 Å². The van der Waals surface area contributed by atoms with Crippen LogP contribution in [0.2, 0.25) is 0 Å². The third-order valence-corrected chi connectivity index (χ3v) is 3.30. The van der Waals surface area contributed by atoms with Gasteiger partial charge in [0.2, 0.25) is 0 Å². The standard InChI is InChI=1S/C13H17NO2/c1-13(12(15)16-2)8-11(9-14-13)10-6-4-3-5-7-10/h3-7,11,14H,8-9H2,1-2H3/t11-,13?/m1/s1. The molecule has 0 spiro atoms. The number of esters is 1. The summed E-state index contributed by atoms with van der Waals surface area (Å²) in [6.07, 6.45) is 0.795. The zero-order valence-corrected chi connectivity index (χ0v) is 9.69. The summed E-state index contributed by atoms with van der Waals surface area (Å²) in [4.78, 5) is 11.6. The largest absolute Gasteiger partial charge is 0.468 e. The molecular formula is C13H17NO2. The third-order valence-electron chi connectivity index (χ3n) is 3.30. The molecule has 1 aliphatic heterocycles. The van der Waals surface area contributed by atoms with Crippen molar-refractivity contribution in [3.05, 3.63) is 35.9 Å². The molecule has 1 aromatic rings. The molecule has 86 valence electrons. The summed E-state index contributed by atoms with van der Waals surface area (Å²) in [5.41, 5.74) is 0.748. The molecule has 3 heteroatoms. The van der Waals surface area contributed by atoms with Crippen molar-refractivity contribution < 1.29 is 9.53 Å². The highest BCUT2D eigenvalue weighted by atomic mass is 16.5. The summed E-state index contributed by atoms with van der Waals surface area (Å²) in [7, 11) is 1.44. The van der Waals surface area contributed by atoms with Crippen molar-refractivity contribution in [1.82, 2.24) is 5.32 Å². The van der Waals surface area contributed by atoms with Gasteiger partial charge < -0.3 is 10.1 Å². The fourth-order valence-corrected chi connectivity index (χ4v) is 2.33. The monoisotopic (exact) mass is 219 g/mol. The molecule has 1 aliphatic rings. The van der Waals surface area contributed by atoms with Crippen LogP contribution in [-0.4, -0.2) is 25.2 Å². The van der Waals surface area contributed by atoms with Crippen molar-refractivity contribution in [2.75, 3.05) is 13.7 Å². The number of rotatable bonds is 2. The van der Waals surface area contributed by atoms with E-state index in [0.717, 1.165) is 13.0 Å². The Bertz CT molecular complexity index is 377. The van der Waals surface area contributed by atoms with Crippen LogP contribution < -0.4 is 5.32 Å². The van der Waals surface area contributed by atoms with E-state index in [1.807, 2.05) is 25.1 Å². The Morgan fingerprint density at radius 3 is 2.75 bits per heavy atom. The number of methoxy groups -OCH3 is 1. The van der Waals surface area contributed by atoms with Crippen molar-refractivity contribution in [2.24, 2.45) is 0 Å². The van der Waals surface area contributed by atoms with Crippen LogP contribution >= 0.6 is 0 Å². The highest BCUT2D eigenvalue weighted by Crippen LogP contribution is 2.32. The van der Waals surface area contributed by atoms with Crippen molar-refractivity contribution in [3.63, 3.8) is 0 Å². The van der Waals surface area contributed by atoms with Gasteiger partial charge in [0.25, 0.3) is 0 Å². The van der Waals surface area contributed by atoms with Gasteiger partial charge >= 0.3 is 5.97 Å². The minimum Gasteiger partial charge on any atom is -0.468 e. The van der Waals surface area contributed by atoms with E-state index in [2.05, 4.69) is 17.4 Å². The van der Waals surface area contributed by atoms with Crippen LogP contribution in [0.1, 0.15) is 24.8 Å². The predicted octanol–water partition coefficient (Wildman–Crippen LogP) is 1.70. The minimum absolute atomic E-state index is 0.175. The van der Waals surface area contributed by atoms with E-state index in [-0.39, 0.29) is 5.97 Å². The molecule has 1 fully saturated rings. The molecule has 1 saturated heterocycles. The molecule has 1 aromatic carbocycles. The molecule has 1 unspecified atom stereocenters. The van der Waals surface area contributed by atoms with E-state index in [0.29, 0.717) is 5.92 Å². The van der Waals surface area contributed by atoms with Gasteiger partial charge in [-0.3, -0.25) is 4.79 Å². The topological polar surface area (TPSA) is 38.3 Å². The number of hydrogen-bond acceptors (Lipinski definition) is 3. The highest BCUT2D eigenvalue weighted by Gasteiger charge is 2.42. The summed E-state index contributed by atoms with van der Waals surface area (Å²) >= 11 is 0. The van der Waals surface area contributed by atoms with Crippen LogP contribution in [-0.2, 0) is 9.53 Å². The van der Waals surface area contributed by atoms with E-state index in [1.165, 1.54) is 12.7 Å². The maximum atomic E-state index is 11.6. The van der Waals surface area contributed by atoms with Crippen LogP contribution in [0, 0.1) is 0 Å². The quantitative estimate of drug-likeness (QED) is 0.769. The molecule has 0 radical (unpaired) electrons. The van der Waals surface area contributed by atoms with Gasteiger partial charge in [0.1, 0.15) is 5.54 Å². The van der Waals surface area contributed by atoms with Gasteiger partial charge in [-0.1, -0.05) is 30.3 Å². The highest BCUT2D eigenvalue weighted by molar-refractivity contribution is 5.80. The van der Waals surface area contributed by atoms with Crippen LogP contribution in [0.15, 0.2) is 30.3 Å². The number of carbonyl (C=O) groups is 1. The van der Waals surface area contributed by atoms with Gasteiger partial charge in [-0.05, 0) is 24.8 Å². The zero-order chi connectivity index (χ0) is 11.6. The summed E-state index contributed by atoms with van der Waals surface area (Å²) in [6, 6.07) is 10.3. The number of carbonyl (C=O) groups excluding carboxylic acids is 1. The fourth-order valence-electron chi connectivity index (χ4n) is 2.33. The van der Waals surface area contributed by atoms with Gasteiger partial charge in [0.15, 0.2) is 0 Å². The van der Waals surface area contributed by atoms with Crippen LogP contribution in [0.3, 0.4) is 0 Å². The molecule has 0 bridgehead atoms. The molecule has 2 atom stereocenters. The maximum absolute atomic E-state index is 11.6. The number of ether oxygens (including phenoxy) is 1. The van der Waals surface area contributed by atoms with Crippen molar-refractivity contribution in [3.8, 4) is 0 Å². The molecule has 1 N–H and O–H groups in total. The van der Waals surface area contributed by atoms with Gasteiger partial charge in [0, 0.05) is 6.54 Å². The molecular weight excluding hydrogens is 202 g/mol. The SMILES string of the molecule is COC(=O)C1(C)C[C@@H](c2ccccc2)CN1. The summed E-state index contributed by atoms with van der Waals surface area (Å²) in [5.74, 6) is 0.219. The Morgan fingerprint density at radius 2 is 2.12 bits per heavy atom. The molecule has 0 saturated carbocycles. The summed E-state index contributed by atoms with van der Waals surface area (Å²) in [6.45, 7) is 2.73. The summed E-state index contributed by atoms with van der Waals surface area (Å²) < 4.78 is 4.82. The number of nitrogens with one attached hydrogen (secondary N) is 1. The first kappa shape index (κ1) is 11.1. The van der Waals surface area contributed by atoms with Crippen LogP contribution in [0.5, 0.6) is 0 Å². The predicted molar refractivity (Wildman–Crippen MR) is 62.2 cm³/mol. The zero-order valence-electron chi connectivity index (χ0n) is 9.69. The van der Waals surface area contributed by atoms with Crippen LogP contribution in [0.25, 0.3) is 0 Å². The van der Waals surface area contributed by atoms with Crippen molar-refractivity contribution >= 4 is 5.97 Å². The second-order valence-corrected chi connectivity index (χ2v) is 4.52. The summed E-state index contributed by atoms with van der Waals surface area (Å²) in [5, 5.41) is 3.26. The third kappa shape index (κ3) is 1.95. The number of hydrogen-bond donors (Lipinski definition) is 1. The molecule has 16 heavy (non-hydrogen) atoms. The Kier molecular flexibility index (Phi) is 2.97. The van der Waals surface area contributed by atoms with E-state index in [1.54, 1.807) is 0 Å². The number of benzene rings is 1. The van der Waals surface area contributed by atoms with E-state index >= 15 is 0 Å². The average molecular weight is 219 g/mol. The normalized spacial score (nSPS) is 29.0. The molecule has 0 aliphatic carbocycles. The molecule has 0 aromatic heterocycles. The lowest BCUT2D eigenvalue weighted by Crippen LogP contribution is -2.45. The van der Waals surface area contributed by atoms with Gasteiger partial charge in [-0.2, -0.15) is 0 Å². The molecule has 2 rings (SSSR count). The van der Waals surface area contributed by atoms with Gasteiger partial charge in [-0.15, -0.1) is 0 Å². The smallest absolute Gasteiger partial charge is 0.325 e. The lowest BCUT2D eigenvalue weighted by Gasteiger charge is -2.20. The van der Waals surface area contributed by atoms with Crippen molar-refractivity contribution in [2.45, 2.75) is 24.8 Å². The molecule has 1 heterocycles. The van der Waals surface area contributed by atoms with E-state index in [4.69, 9.17) is 4.74 Å². The Labute approximate surface area is 95.8 Å². The lowest BCUT2D eigenvalue weighted by molar-refractivity contribution is -0.147. The molecule has 0 amide bonds. The van der Waals surface area contributed by atoms with Gasteiger partial charge in [0.05, 0.1) is 7.11 Å². The first-order valence-corrected chi connectivity index (χ1v) is 5.54. The fraction of sp³-hybridized carbons (Fsp3) is 0.462.